The van der Waals surface area contributed by atoms with Gasteiger partial charge < -0.3 is 10.6 Å². The first kappa shape index (κ1) is 17.3. The Balaban J connectivity index is 0.00000176. The molecule has 2 atom stereocenters. The van der Waals surface area contributed by atoms with Gasteiger partial charge in [0.2, 0.25) is 5.91 Å². The highest BCUT2D eigenvalue weighted by Gasteiger charge is 2.22. The van der Waals surface area contributed by atoms with Crippen molar-refractivity contribution >= 4 is 18.3 Å². The van der Waals surface area contributed by atoms with E-state index >= 15 is 0 Å². The number of rotatable bonds is 3. The first-order chi connectivity index (χ1) is 10.2. The average molecular weight is 323 g/mol. The summed E-state index contributed by atoms with van der Waals surface area (Å²) in [5.74, 6) is 0.339. The first-order valence-electron chi connectivity index (χ1n) is 8.37. The van der Waals surface area contributed by atoms with Crippen LogP contribution < -0.4 is 10.6 Å². The predicted molar refractivity (Wildman–Crippen MR) is 92.5 cm³/mol. The number of carbonyl (C=O) groups is 1. The maximum Gasteiger partial charge on any atom is 0.224 e. The van der Waals surface area contributed by atoms with Crippen molar-refractivity contribution in [3.63, 3.8) is 0 Å². The summed E-state index contributed by atoms with van der Waals surface area (Å²) in [6.45, 7) is 3.96. The van der Waals surface area contributed by atoms with Crippen LogP contribution in [0.3, 0.4) is 0 Å². The number of hydrogen-bond acceptors (Lipinski definition) is 2. The van der Waals surface area contributed by atoms with Crippen LogP contribution in [0.1, 0.15) is 55.3 Å². The van der Waals surface area contributed by atoms with Gasteiger partial charge in [0, 0.05) is 6.54 Å². The summed E-state index contributed by atoms with van der Waals surface area (Å²) >= 11 is 0. The molecule has 1 aromatic carbocycles. The van der Waals surface area contributed by atoms with Crippen LogP contribution in [0.5, 0.6) is 0 Å². The summed E-state index contributed by atoms with van der Waals surface area (Å²) in [5.41, 5.74) is 4.23. The maximum absolute atomic E-state index is 12.3. The summed E-state index contributed by atoms with van der Waals surface area (Å²) in [6, 6.07) is 6.85. The van der Waals surface area contributed by atoms with Gasteiger partial charge in [-0.1, -0.05) is 18.2 Å². The van der Waals surface area contributed by atoms with Crippen LogP contribution in [-0.4, -0.2) is 19.0 Å². The molecule has 2 N–H and O–H groups in total. The molecule has 0 radical (unpaired) electrons. The third-order valence-corrected chi connectivity index (χ3v) is 4.90. The van der Waals surface area contributed by atoms with Crippen LogP contribution in [0.2, 0.25) is 0 Å². The molecule has 1 heterocycles. The van der Waals surface area contributed by atoms with Gasteiger partial charge in [-0.2, -0.15) is 0 Å². The van der Waals surface area contributed by atoms with Crippen LogP contribution in [0.25, 0.3) is 0 Å². The number of aryl methyl sites for hydroxylation is 2. The van der Waals surface area contributed by atoms with Gasteiger partial charge in [0.1, 0.15) is 0 Å². The van der Waals surface area contributed by atoms with E-state index in [1.165, 1.54) is 42.4 Å². The molecule has 0 spiro atoms. The zero-order chi connectivity index (χ0) is 14.7. The topological polar surface area (TPSA) is 41.1 Å². The second-order valence-corrected chi connectivity index (χ2v) is 6.51. The molecular formula is C18H27ClN2O. The average Bonchev–Trinajstić information content (AvgIpc) is 2.55. The molecule has 122 valence electrons. The zero-order valence-electron chi connectivity index (χ0n) is 13.4. The van der Waals surface area contributed by atoms with E-state index in [2.05, 4.69) is 35.8 Å². The van der Waals surface area contributed by atoms with E-state index in [0.717, 1.165) is 25.9 Å². The van der Waals surface area contributed by atoms with Crippen molar-refractivity contribution in [3.8, 4) is 0 Å². The lowest BCUT2D eigenvalue weighted by Gasteiger charge is -2.25. The van der Waals surface area contributed by atoms with Gasteiger partial charge in [0.05, 0.1) is 12.0 Å². The highest BCUT2D eigenvalue weighted by Crippen LogP contribution is 2.25. The van der Waals surface area contributed by atoms with Crippen molar-refractivity contribution in [3.05, 3.63) is 34.9 Å². The fourth-order valence-electron chi connectivity index (χ4n) is 3.51. The van der Waals surface area contributed by atoms with E-state index in [4.69, 9.17) is 0 Å². The molecule has 3 rings (SSSR count). The van der Waals surface area contributed by atoms with Crippen molar-refractivity contribution in [2.45, 2.75) is 51.5 Å². The lowest BCUT2D eigenvalue weighted by atomic mass is 9.89. The Labute approximate surface area is 139 Å². The van der Waals surface area contributed by atoms with Gasteiger partial charge in [-0.3, -0.25) is 4.79 Å². The molecule has 22 heavy (non-hydrogen) atoms. The highest BCUT2D eigenvalue weighted by atomic mass is 35.5. The number of carbonyl (C=O) groups excluding carboxylic acids is 1. The van der Waals surface area contributed by atoms with Gasteiger partial charge in [0.25, 0.3) is 0 Å². The fraction of sp³-hybridized carbons (Fsp3) is 0.611. The van der Waals surface area contributed by atoms with E-state index in [9.17, 15) is 4.79 Å². The summed E-state index contributed by atoms with van der Waals surface area (Å²) in [7, 11) is 0. The Morgan fingerprint density at radius 3 is 2.73 bits per heavy atom. The number of nitrogens with one attached hydrogen (secondary N) is 2. The van der Waals surface area contributed by atoms with Gasteiger partial charge in [-0.25, -0.2) is 0 Å². The van der Waals surface area contributed by atoms with Crippen LogP contribution in [0, 0.1) is 5.92 Å². The Kier molecular flexibility index (Phi) is 6.27. The lowest BCUT2D eigenvalue weighted by molar-refractivity contribution is -0.126. The fourth-order valence-corrected chi connectivity index (χ4v) is 3.51. The first-order valence-corrected chi connectivity index (χ1v) is 8.37. The van der Waals surface area contributed by atoms with E-state index < -0.39 is 0 Å². The van der Waals surface area contributed by atoms with Gasteiger partial charge in [-0.15, -0.1) is 12.4 Å². The SMILES string of the molecule is CC(NC(=O)C1CCCNC1)c1ccc2c(c1)CCCC2.Cl. The number of benzene rings is 1. The monoisotopic (exact) mass is 322 g/mol. The minimum atomic E-state index is 0. The molecule has 1 aromatic rings. The predicted octanol–water partition coefficient (Wildman–Crippen LogP) is 3.16. The number of halogens is 1. The Morgan fingerprint density at radius 2 is 2.00 bits per heavy atom. The molecule has 2 unspecified atom stereocenters. The van der Waals surface area contributed by atoms with E-state index in [1.54, 1.807) is 0 Å². The summed E-state index contributed by atoms with van der Waals surface area (Å²) < 4.78 is 0. The largest absolute Gasteiger partial charge is 0.349 e. The molecule has 3 nitrogen and oxygen atoms in total. The summed E-state index contributed by atoms with van der Waals surface area (Å²) in [6.07, 6.45) is 7.12. The summed E-state index contributed by atoms with van der Waals surface area (Å²) in [5, 5.41) is 6.50. The highest BCUT2D eigenvalue weighted by molar-refractivity contribution is 5.85. The minimum absolute atomic E-state index is 0. The molecule has 1 amide bonds. The van der Waals surface area contributed by atoms with Gasteiger partial charge in [-0.05, 0) is 68.7 Å². The number of hydrogen-bond donors (Lipinski definition) is 2. The van der Waals surface area contributed by atoms with Crippen LogP contribution in [-0.2, 0) is 17.6 Å². The quantitative estimate of drug-likeness (QED) is 0.897. The van der Waals surface area contributed by atoms with Crippen molar-refractivity contribution in [1.82, 2.24) is 10.6 Å². The third-order valence-electron chi connectivity index (χ3n) is 4.90. The maximum atomic E-state index is 12.3. The van der Waals surface area contributed by atoms with Crippen LogP contribution >= 0.6 is 12.4 Å². The molecule has 0 saturated carbocycles. The molecule has 2 aliphatic rings. The number of piperidine rings is 1. The molecule has 4 heteroatoms. The number of amides is 1. The molecule has 1 saturated heterocycles. The lowest BCUT2D eigenvalue weighted by Crippen LogP contribution is -2.41. The second-order valence-electron chi connectivity index (χ2n) is 6.51. The van der Waals surface area contributed by atoms with Crippen molar-refractivity contribution in [1.29, 1.82) is 0 Å². The van der Waals surface area contributed by atoms with E-state index in [0.29, 0.717) is 0 Å². The van der Waals surface area contributed by atoms with E-state index in [-0.39, 0.29) is 30.3 Å². The normalized spacial score (nSPS) is 22.1. The molecular weight excluding hydrogens is 296 g/mol. The molecule has 1 fully saturated rings. The van der Waals surface area contributed by atoms with Crippen LogP contribution in [0.4, 0.5) is 0 Å². The van der Waals surface area contributed by atoms with Gasteiger partial charge in [0.15, 0.2) is 0 Å². The Morgan fingerprint density at radius 1 is 1.23 bits per heavy atom. The van der Waals surface area contributed by atoms with Crippen molar-refractivity contribution in [2.75, 3.05) is 13.1 Å². The molecule has 1 aliphatic carbocycles. The van der Waals surface area contributed by atoms with Crippen LogP contribution in [0.15, 0.2) is 18.2 Å². The Bertz CT molecular complexity index is 512. The Hall–Kier alpha value is -1.06. The number of fused-ring (bicyclic) bond motifs is 1. The smallest absolute Gasteiger partial charge is 0.224 e. The molecule has 0 aromatic heterocycles. The van der Waals surface area contributed by atoms with Crippen molar-refractivity contribution < 1.29 is 4.79 Å². The van der Waals surface area contributed by atoms with Crippen molar-refractivity contribution in [2.24, 2.45) is 5.92 Å². The summed E-state index contributed by atoms with van der Waals surface area (Å²) in [4.78, 5) is 12.3. The standard InChI is InChI=1S/C18H26N2O.ClH/c1-13(20-18(21)17-7-4-10-19-12-17)15-9-8-14-5-2-3-6-16(14)11-15;/h8-9,11,13,17,19H,2-7,10,12H2,1H3,(H,20,21);1H. The molecule has 0 bridgehead atoms. The molecule has 1 aliphatic heterocycles. The third kappa shape index (κ3) is 4.02. The minimum Gasteiger partial charge on any atom is -0.349 e. The van der Waals surface area contributed by atoms with Gasteiger partial charge >= 0.3 is 0 Å². The second kappa shape index (κ2) is 7.98. The van der Waals surface area contributed by atoms with E-state index in [1.807, 2.05) is 0 Å². The zero-order valence-corrected chi connectivity index (χ0v) is 14.2.